The summed E-state index contributed by atoms with van der Waals surface area (Å²) in [6, 6.07) is 22.2. The van der Waals surface area contributed by atoms with Gasteiger partial charge in [0.05, 0.1) is 204 Å². The van der Waals surface area contributed by atoms with Gasteiger partial charge in [0, 0.05) is 48.8 Å². The summed E-state index contributed by atoms with van der Waals surface area (Å²) in [6.45, 7) is 25.4. The van der Waals surface area contributed by atoms with Crippen LogP contribution >= 0.6 is 0 Å². The Morgan fingerprint density at radius 3 is 1.42 bits per heavy atom. The van der Waals surface area contributed by atoms with Crippen molar-refractivity contribution >= 4 is 45.6 Å². The van der Waals surface area contributed by atoms with Crippen LogP contribution in [0.1, 0.15) is 71.8 Å². The van der Waals surface area contributed by atoms with Crippen LogP contribution < -0.4 is 26.8 Å². The number of anilines is 1. The smallest absolute Gasteiger partial charge is 0.407 e. The van der Waals surface area contributed by atoms with Crippen molar-refractivity contribution in [2.75, 3.05) is 224 Å². The predicted octanol–water partition coefficient (Wildman–Crippen LogP) is 6.81. The molecule has 0 bridgehead atoms. The molecule has 0 aliphatic rings. The number of aliphatic carboxylic acids is 1. The molecular weight excluding hydrogens is 1290 g/mol. The van der Waals surface area contributed by atoms with Gasteiger partial charge in [-0.25, -0.2) is 9.78 Å². The van der Waals surface area contributed by atoms with Crippen molar-refractivity contribution < 1.29 is 105 Å². The van der Waals surface area contributed by atoms with Gasteiger partial charge in [-0.15, -0.1) is 0 Å². The SMILES string of the molecule is CC(C)(C)OC(=O)NCCOCCOCCOCCOCCOCCOCCOCCOCCOCCOCCOCCOCCC(=O)O.Cc1ccc2c(c1)nc(N)c1ncc(CCc3ccc(OCc4ccc(C(=O)NCCCOCCOCCOCCN)cc4)cc3C)cc12.F. The van der Waals surface area contributed by atoms with Crippen molar-refractivity contribution in [3.8, 4) is 5.75 Å². The molecule has 0 atom stereocenters. The van der Waals surface area contributed by atoms with Crippen molar-refractivity contribution in [1.82, 2.24) is 20.6 Å². The van der Waals surface area contributed by atoms with Crippen LogP contribution in [0.2, 0.25) is 0 Å². The number of nitrogens with two attached hydrogens (primary N) is 2. The fraction of sp³-hybridized carbons (Fsp3) is 0.620. The van der Waals surface area contributed by atoms with E-state index in [2.05, 4.69) is 70.8 Å². The molecule has 7 N–H and O–H groups in total. The molecule has 558 valence electrons. The molecule has 5 rings (SSSR count). The minimum Gasteiger partial charge on any atom is -0.489 e. The molecule has 28 heteroatoms. The van der Waals surface area contributed by atoms with E-state index in [-0.39, 0.29) is 23.6 Å². The highest BCUT2D eigenvalue weighted by atomic mass is 19.0. The number of hydrogen-bond acceptors (Lipinski definition) is 24. The zero-order valence-corrected chi connectivity index (χ0v) is 58.9. The van der Waals surface area contributed by atoms with Crippen LogP contribution in [0.15, 0.2) is 72.9 Å². The van der Waals surface area contributed by atoms with Crippen LogP contribution in [-0.4, -0.2) is 256 Å². The highest BCUT2D eigenvalue weighted by Crippen LogP contribution is 2.29. The number of benzene rings is 3. The number of nitrogen functional groups attached to an aromatic ring is 1. The maximum absolute atomic E-state index is 12.5. The molecule has 0 unspecified atom stereocenters. The van der Waals surface area contributed by atoms with Gasteiger partial charge in [0.1, 0.15) is 23.5 Å². The van der Waals surface area contributed by atoms with Gasteiger partial charge in [-0.1, -0.05) is 30.3 Å². The van der Waals surface area contributed by atoms with Crippen molar-refractivity contribution in [2.24, 2.45) is 5.73 Å². The number of pyridine rings is 2. The molecule has 2 aromatic heterocycles. The summed E-state index contributed by atoms with van der Waals surface area (Å²) in [5, 5.41) is 16.2. The molecule has 2 amide bonds. The summed E-state index contributed by atoms with van der Waals surface area (Å²) in [5.74, 6) is 0.284. The molecular formula is C71H111FN6O21. The number of amides is 2. The summed E-state index contributed by atoms with van der Waals surface area (Å²) in [6.07, 6.45) is 3.90. The lowest BCUT2D eigenvalue weighted by atomic mass is 9.99. The summed E-state index contributed by atoms with van der Waals surface area (Å²) in [4.78, 5) is 43.6. The molecule has 0 fully saturated rings. The number of ether oxygens (including phenoxy) is 17. The maximum atomic E-state index is 12.5. The molecule has 99 heavy (non-hydrogen) atoms. The quantitative estimate of drug-likeness (QED) is 0.0197. The van der Waals surface area contributed by atoms with E-state index < -0.39 is 17.7 Å². The Labute approximate surface area is 582 Å². The highest BCUT2D eigenvalue weighted by molar-refractivity contribution is 6.08. The van der Waals surface area contributed by atoms with Gasteiger partial charge < -0.3 is 108 Å². The van der Waals surface area contributed by atoms with E-state index in [4.69, 9.17) is 97.1 Å². The van der Waals surface area contributed by atoms with E-state index in [1.54, 1.807) is 0 Å². The number of alkyl carbamates (subject to hydrolysis) is 1. The number of carboxylic acids is 1. The van der Waals surface area contributed by atoms with Crippen LogP contribution in [-0.2, 0) is 100 Å². The van der Waals surface area contributed by atoms with E-state index >= 15 is 0 Å². The fourth-order valence-electron chi connectivity index (χ4n) is 8.76. The van der Waals surface area contributed by atoms with Crippen molar-refractivity contribution in [2.45, 2.75) is 72.5 Å². The van der Waals surface area contributed by atoms with E-state index in [0.29, 0.717) is 229 Å². The van der Waals surface area contributed by atoms with E-state index in [1.165, 1.54) is 11.1 Å². The minimum absolute atomic E-state index is 0. The monoisotopic (exact) mass is 1400 g/mol. The van der Waals surface area contributed by atoms with Gasteiger partial charge in [-0.2, -0.15) is 0 Å². The second-order valence-corrected chi connectivity index (χ2v) is 23.0. The largest absolute Gasteiger partial charge is 0.489 e. The van der Waals surface area contributed by atoms with Gasteiger partial charge in [0.25, 0.3) is 5.91 Å². The Bertz CT molecular complexity index is 2900. The predicted molar refractivity (Wildman–Crippen MR) is 373 cm³/mol. The number of nitrogens with one attached hydrogen (secondary N) is 2. The van der Waals surface area contributed by atoms with Crippen LogP contribution in [0, 0.1) is 13.8 Å². The number of carboxylic acid groups (broad SMARTS) is 1. The van der Waals surface area contributed by atoms with Crippen molar-refractivity contribution in [3.05, 3.63) is 106 Å². The van der Waals surface area contributed by atoms with Gasteiger partial charge in [0.2, 0.25) is 0 Å². The van der Waals surface area contributed by atoms with Gasteiger partial charge >= 0.3 is 12.1 Å². The summed E-state index contributed by atoms with van der Waals surface area (Å²) < 4.78 is 92.2. The second kappa shape index (κ2) is 56.2. The first-order valence-electron chi connectivity index (χ1n) is 33.8. The normalized spacial score (nSPS) is 11.4. The molecule has 27 nitrogen and oxygen atoms in total. The molecule has 3 aromatic carbocycles. The van der Waals surface area contributed by atoms with Crippen LogP contribution in [0.4, 0.5) is 15.3 Å². The maximum Gasteiger partial charge on any atom is 0.407 e. The third-order valence-electron chi connectivity index (χ3n) is 13.7. The number of carbonyl (C=O) groups excluding carboxylic acids is 2. The third-order valence-corrected chi connectivity index (χ3v) is 13.7. The van der Waals surface area contributed by atoms with Crippen molar-refractivity contribution in [1.29, 1.82) is 0 Å². The molecule has 2 heterocycles. The van der Waals surface area contributed by atoms with Gasteiger partial charge in [0.15, 0.2) is 5.82 Å². The van der Waals surface area contributed by atoms with Crippen LogP contribution in [0.3, 0.4) is 0 Å². The van der Waals surface area contributed by atoms with E-state index in [9.17, 15) is 14.4 Å². The first-order valence-corrected chi connectivity index (χ1v) is 33.8. The standard InChI is InChI=1S/C39H47N5O5.C32H63NO16.FH/c1-27-4-13-34-35-24-30(25-43-37(35)38(41)44-36(34)22-27)7-8-31-11-12-33(23-28(31)2)49-26-29-5-9-32(10-6-29)39(45)42-15-3-16-46-18-20-48-21-19-47-17-14-40;1-32(2,3)49-31(36)33-5-7-38-9-11-40-13-15-42-17-19-44-21-23-46-25-27-48-29-28-47-26-24-45-22-20-43-18-16-41-14-12-39-10-8-37-6-4-30(34)35;/h4-6,9-13,22-25H,3,7-8,14-21,26,40H2,1-2H3,(H2,41,44)(H,42,45);4-29H2,1-3H3,(H,33,36)(H,34,35);1H. The fourth-order valence-corrected chi connectivity index (χ4v) is 8.76. The lowest BCUT2D eigenvalue weighted by molar-refractivity contribution is -0.138. The Morgan fingerprint density at radius 2 is 0.960 bits per heavy atom. The van der Waals surface area contributed by atoms with Crippen LogP contribution in [0.5, 0.6) is 5.75 Å². The number of rotatable bonds is 58. The number of aromatic nitrogens is 2. The Hall–Kier alpha value is -6.42. The van der Waals surface area contributed by atoms with E-state index in [1.807, 2.05) is 57.3 Å². The zero-order valence-electron chi connectivity index (χ0n) is 58.9. The van der Waals surface area contributed by atoms with Crippen molar-refractivity contribution in [3.63, 3.8) is 0 Å². The Kier molecular flexibility index (Phi) is 49.3. The number of nitrogens with zero attached hydrogens (tertiary/aromatic N) is 2. The third kappa shape index (κ3) is 43.8. The summed E-state index contributed by atoms with van der Waals surface area (Å²) in [5.41, 5.74) is 19.1. The topological polar surface area (TPSA) is 330 Å². The molecule has 0 aliphatic heterocycles. The number of aryl methyl sites for hydroxylation is 4. The lowest BCUT2D eigenvalue weighted by Gasteiger charge is -2.19. The molecule has 0 saturated carbocycles. The molecule has 0 spiro atoms. The summed E-state index contributed by atoms with van der Waals surface area (Å²) >= 11 is 0. The van der Waals surface area contributed by atoms with Gasteiger partial charge in [-0.3, -0.25) is 19.3 Å². The molecule has 0 saturated heterocycles. The average molecular weight is 1400 g/mol. The first-order chi connectivity index (χ1) is 47.7. The number of carbonyl (C=O) groups is 3. The number of halogens is 1. The Morgan fingerprint density at radius 1 is 0.495 bits per heavy atom. The number of fused-ring (bicyclic) bond motifs is 3. The Balaban J connectivity index is 0.000000510. The lowest BCUT2D eigenvalue weighted by Crippen LogP contribution is -2.34. The highest BCUT2D eigenvalue weighted by Gasteiger charge is 2.16. The second-order valence-electron chi connectivity index (χ2n) is 23.0. The van der Waals surface area contributed by atoms with Gasteiger partial charge in [-0.05, 0) is 118 Å². The molecule has 5 aromatic rings. The summed E-state index contributed by atoms with van der Waals surface area (Å²) in [7, 11) is 0. The first kappa shape index (κ1) is 86.8. The molecule has 0 radical (unpaired) electrons. The van der Waals surface area contributed by atoms with Crippen LogP contribution in [0.25, 0.3) is 21.8 Å². The average Bonchev–Trinajstić information content (AvgIpc) is 0.773. The minimum atomic E-state index is -0.878. The zero-order chi connectivity index (χ0) is 70.4. The van der Waals surface area contributed by atoms with E-state index in [0.717, 1.165) is 63.5 Å². The number of hydrogen-bond donors (Lipinski definition) is 5. The molecule has 0 aliphatic carbocycles.